The van der Waals surface area contributed by atoms with Crippen molar-refractivity contribution >= 4 is 17.7 Å². The topological polar surface area (TPSA) is 12.0 Å². The van der Waals surface area contributed by atoms with Crippen molar-refractivity contribution in [2.45, 2.75) is 33.6 Å². The molecule has 0 amide bonds. The first-order chi connectivity index (χ1) is 8.22. The molecule has 0 heterocycles. The highest BCUT2D eigenvalue weighted by Crippen LogP contribution is 2.43. The first kappa shape index (κ1) is 14.2. The summed E-state index contributed by atoms with van der Waals surface area (Å²) in [6.45, 7) is 6.70. The van der Waals surface area contributed by atoms with E-state index < -0.39 is 0 Å². The van der Waals surface area contributed by atoms with Gasteiger partial charge in [-0.3, -0.25) is 0 Å². The second kappa shape index (κ2) is 7.44. The quantitative estimate of drug-likeness (QED) is 0.558. The molecular weight excluding hydrogens is 226 g/mol. The summed E-state index contributed by atoms with van der Waals surface area (Å²) in [7, 11) is 0. The summed E-state index contributed by atoms with van der Waals surface area (Å²) in [6, 6.07) is 0. The van der Waals surface area contributed by atoms with Crippen LogP contribution in [-0.2, 0) is 0 Å². The summed E-state index contributed by atoms with van der Waals surface area (Å²) >= 11 is 4.72. The Morgan fingerprint density at radius 3 is 2.71 bits per heavy atom. The molecule has 1 nitrogen and oxygen atoms in total. The van der Waals surface area contributed by atoms with Gasteiger partial charge in [0.1, 0.15) is 0 Å². The van der Waals surface area contributed by atoms with Crippen molar-refractivity contribution in [2.24, 2.45) is 17.8 Å². The molecule has 17 heavy (non-hydrogen) atoms. The Labute approximate surface area is 111 Å². The largest absolute Gasteiger partial charge is 0.359 e. The van der Waals surface area contributed by atoms with Crippen LogP contribution in [0.15, 0.2) is 36.1 Å². The minimum atomic E-state index is 0.739. The zero-order chi connectivity index (χ0) is 12.7. The molecule has 0 spiro atoms. The average molecular weight is 249 g/mol. The Bertz CT molecular complexity index is 328. The minimum absolute atomic E-state index is 0.739. The fourth-order valence-electron chi connectivity index (χ4n) is 2.48. The van der Waals surface area contributed by atoms with Crippen LogP contribution in [0.25, 0.3) is 0 Å². The molecule has 1 rings (SSSR count). The molecule has 0 aromatic heterocycles. The van der Waals surface area contributed by atoms with Gasteiger partial charge in [0.25, 0.3) is 0 Å². The smallest absolute Gasteiger partial charge is 0.0654 e. The summed E-state index contributed by atoms with van der Waals surface area (Å²) in [6.07, 6.45) is 13.2. The Morgan fingerprint density at radius 2 is 2.18 bits per heavy atom. The Kier molecular flexibility index (Phi) is 6.20. The maximum absolute atomic E-state index is 4.72. The monoisotopic (exact) mass is 249 g/mol. The van der Waals surface area contributed by atoms with Crippen LogP contribution in [0.2, 0.25) is 0 Å². The van der Waals surface area contributed by atoms with Crippen LogP contribution in [0.4, 0.5) is 0 Å². The maximum Gasteiger partial charge on any atom is 0.0654 e. The van der Waals surface area contributed by atoms with Crippen LogP contribution in [0, 0.1) is 17.8 Å². The van der Waals surface area contributed by atoms with Crippen LogP contribution >= 0.6 is 12.2 Å². The molecule has 3 atom stereocenters. The van der Waals surface area contributed by atoms with Crippen molar-refractivity contribution in [1.29, 1.82) is 0 Å². The number of nitrogens with one attached hydrogen (secondary N) is 1. The van der Waals surface area contributed by atoms with Crippen LogP contribution in [0.1, 0.15) is 33.6 Å². The summed E-state index contributed by atoms with van der Waals surface area (Å²) < 4.78 is 0. The Hall–Kier alpha value is -0.890. The molecule has 1 saturated carbocycles. The van der Waals surface area contributed by atoms with Crippen LogP contribution in [-0.4, -0.2) is 5.49 Å². The van der Waals surface area contributed by atoms with E-state index in [-0.39, 0.29) is 0 Å². The number of hydrogen-bond donors (Lipinski definition) is 1. The fraction of sp³-hybridized carbons (Fsp3) is 0.533. The zero-order valence-corrected chi connectivity index (χ0v) is 11.8. The van der Waals surface area contributed by atoms with Gasteiger partial charge in [-0.1, -0.05) is 50.7 Å². The molecule has 0 aromatic carbocycles. The van der Waals surface area contributed by atoms with E-state index in [0.717, 1.165) is 17.8 Å². The van der Waals surface area contributed by atoms with Crippen molar-refractivity contribution in [3.8, 4) is 0 Å². The van der Waals surface area contributed by atoms with E-state index in [9.17, 15) is 0 Å². The lowest BCUT2D eigenvalue weighted by Crippen LogP contribution is -2.32. The SMILES string of the molecule is C\C=C/C(/C=C\NC=S)=C/C1CC(CC)C1C. The fourth-order valence-corrected chi connectivity index (χ4v) is 2.56. The van der Waals surface area contributed by atoms with Gasteiger partial charge in [-0.2, -0.15) is 0 Å². The molecule has 0 aliphatic heterocycles. The molecule has 3 unspecified atom stereocenters. The zero-order valence-electron chi connectivity index (χ0n) is 11.0. The van der Waals surface area contributed by atoms with E-state index in [4.69, 9.17) is 12.2 Å². The van der Waals surface area contributed by atoms with Gasteiger partial charge in [0, 0.05) is 6.20 Å². The number of thiocarbonyl (C=S) groups is 1. The maximum atomic E-state index is 4.72. The Balaban J connectivity index is 2.61. The average Bonchev–Trinajstić information content (AvgIpc) is 2.33. The van der Waals surface area contributed by atoms with E-state index in [2.05, 4.69) is 43.5 Å². The van der Waals surface area contributed by atoms with Gasteiger partial charge >= 0.3 is 0 Å². The van der Waals surface area contributed by atoms with E-state index >= 15 is 0 Å². The number of hydrogen-bond acceptors (Lipinski definition) is 1. The van der Waals surface area contributed by atoms with Crippen molar-refractivity contribution in [3.63, 3.8) is 0 Å². The summed E-state index contributed by atoms with van der Waals surface area (Å²) in [4.78, 5) is 0. The van der Waals surface area contributed by atoms with Gasteiger partial charge < -0.3 is 5.32 Å². The van der Waals surface area contributed by atoms with Gasteiger partial charge in [0.2, 0.25) is 0 Å². The van der Waals surface area contributed by atoms with Gasteiger partial charge in [-0.15, -0.1) is 0 Å². The normalized spacial score (nSPS) is 29.6. The Morgan fingerprint density at radius 1 is 1.41 bits per heavy atom. The summed E-state index contributed by atoms with van der Waals surface area (Å²) in [5.41, 5.74) is 2.78. The third-order valence-electron chi connectivity index (χ3n) is 3.72. The molecule has 0 saturated heterocycles. The van der Waals surface area contributed by atoms with E-state index in [1.807, 2.05) is 13.1 Å². The molecule has 1 fully saturated rings. The predicted molar refractivity (Wildman–Crippen MR) is 79.9 cm³/mol. The number of allylic oxidation sites excluding steroid dienone is 5. The molecule has 0 radical (unpaired) electrons. The highest BCUT2D eigenvalue weighted by Gasteiger charge is 2.34. The van der Waals surface area contributed by atoms with Gasteiger partial charge in [0.15, 0.2) is 0 Å². The first-order valence-corrected chi connectivity index (χ1v) is 6.90. The molecule has 94 valence electrons. The predicted octanol–water partition coefficient (Wildman–Crippen LogP) is 4.23. The van der Waals surface area contributed by atoms with Crippen LogP contribution in [0.5, 0.6) is 0 Å². The molecule has 1 aliphatic rings. The molecular formula is C15H23NS. The van der Waals surface area contributed by atoms with Crippen molar-refractivity contribution in [3.05, 3.63) is 36.1 Å². The highest BCUT2D eigenvalue weighted by atomic mass is 32.1. The lowest BCUT2D eigenvalue weighted by atomic mass is 9.64. The van der Waals surface area contributed by atoms with Gasteiger partial charge in [-0.25, -0.2) is 0 Å². The van der Waals surface area contributed by atoms with Crippen molar-refractivity contribution in [1.82, 2.24) is 5.32 Å². The van der Waals surface area contributed by atoms with Crippen molar-refractivity contribution < 1.29 is 0 Å². The molecule has 0 aromatic rings. The molecule has 2 heteroatoms. The lowest BCUT2D eigenvalue weighted by molar-refractivity contribution is 0.122. The van der Waals surface area contributed by atoms with E-state index in [0.29, 0.717) is 0 Å². The number of rotatable bonds is 6. The highest BCUT2D eigenvalue weighted by molar-refractivity contribution is 7.78. The van der Waals surface area contributed by atoms with Crippen LogP contribution in [0.3, 0.4) is 0 Å². The van der Waals surface area contributed by atoms with Gasteiger partial charge in [0.05, 0.1) is 5.49 Å². The molecule has 1 aliphatic carbocycles. The lowest BCUT2D eigenvalue weighted by Gasteiger charge is -2.41. The second-order valence-corrected chi connectivity index (χ2v) is 4.95. The summed E-state index contributed by atoms with van der Waals surface area (Å²) in [5, 5.41) is 2.91. The van der Waals surface area contributed by atoms with Crippen LogP contribution < -0.4 is 5.32 Å². The van der Waals surface area contributed by atoms with E-state index in [1.165, 1.54) is 23.9 Å². The first-order valence-electron chi connectivity index (χ1n) is 6.43. The standard InChI is InChI=1S/C15H23NS/c1-4-6-13(7-8-16-11-17)9-15-10-14(5-2)12(15)3/h4,6-9,11-12,14-15H,5,10H2,1-3H3,(H,16,17)/b6-4-,8-7-,13-9-. The second-order valence-electron chi connectivity index (χ2n) is 4.71. The van der Waals surface area contributed by atoms with E-state index in [1.54, 1.807) is 0 Å². The van der Waals surface area contributed by atoms with Crippen molar-refractivity contribution in [2.75, 3.05) is 0 Å². The third-order valence-corrected chi connectivity index (χ3v) is 3.86. The molecule has 0 bridgehead atoms. The van der Waals surface area contributed by atoms with Gasteiger partial charge in [-0.05, 0) is 42.7 Å². The third kappa shape index (κ3) is 4.12. The summed E-state index contributed by atoms with van der Waals surface area (Å²) in [5.74, 6) is 2.49. The minimum Gasteiger partial charge on any atom is -0.359 e. The molecule has 1 N–H and O–H groups in total.